The Balaban J connectivity index is 2.44. The van der Waals surface area contributed by atoms with E-state index in [1.807, 2.05) is 0 Å². The first-order valence-electron chi connectivity index (χ1n) is 3.26. The van der Waals surface area contributed by atoms with Gasteiger partial charge in [0.2, 0.25) is 9.55 Å². The summed E-state index contributed by atoms with van der Waals surface area (Å²) in [5.41, 5.74) is 0. The van der Waals surface area contributed by atoms with Crippen LogP contribution in [0.15, 0.2) is 22.8 Å². The fourth-order valence-corrected chi connectivity index (χ4v) is 0.777. The average molecular weight is 243 g/mol. The molecule has 1 aromatic heterocycles. The van der Waals surface area contributed by atoms with Crippen LogP contribution < -0.4 is 0 Å². The van der Waals surface area contributed by atoms with Crippen molar-refractivity contribution in [3.63, 3.8) is 0 Å². The number of carbonyl (C=O) groups excluding carboxylic acids is 1. The van der Waals surface area contributed by atoms with Crippen LogP contribution in [0.3, 0.4) is 0 Å². The molecule has 3 nitrogen and oxygen atoms in total. The second kappa shape index (κ2) is 4.22. The highest BCUT2D eigenvalue weighted by atomic mass is 35.6. The van der Waals surface area contributed by atoms with E-state index in [1.54, 1.807) is 6.07 Å². The van der Waals surface area contributed by atoms with Gasteiger partial charge in [0.05, 0.1) is 6.26 Å². The smallest absolute Gasteiger partial charge is 0.374 e. The molecule has 0 atom stereocenters. The maximum Gasteiger partial charge on any atom is 0.374 e. The molecule has 0 amide bonds. The Morgan fingerprint density at radius 3 is 2.69 bits per heavy atom. The summed E-state index contributed by atoms with van der Waals surface area (Å²) in [6.07, 6.45) is 1.35. The van der Waals surface area contributed by atoms with Crippen molar-refractivity contribution in [3.8, 4) is 0 Å². The number of esters is 1. The second-order valence-corrected chi connectivity index (χ2v) is 4.68. The Bertz CT molecular complexity index is 276. The standard InChI is InChI=1S/C7H5Cl3O3/c8-7(9,10)4-13-6(11)5-2-1-3-12-5/h1-3H,4H2. The summed E-state index contributed by atoms with van der Waals surface area (Å²) in [6, 6.07) is 3.02. The van der Waals surface area contributed by atoms with Crippen LogP contribution in [0.2, 0.25) is 0 Å². The van der Waals surface area contributed by atoms with Crippen LogP contribution in [0.25, 0.3) is 0 Å². The average Bonchev–Trinajstić information content (AvgIpc) is 2.50. The number of hydrogen-bond acceptors (Lipinski definition) is 3. The highest BCUT2D eigenvalue weighted by Gasteiger charge is 2.23. The Labute approximate surface area is 89.5 Å². The molecular weight excluding hydrogens is 238 g/mol. The minimum Gasteiger partial charge on any atom is -0.457 e. The van der Waals surface area contributed by atoms with Crippen LogP contribution in [0, 0.1) is 0 Å². The number of ether oxygens (including phenoxy) is 1. The first-order valence-corrected chi connectivity index (χ1v) is 4.40. The van der Waals surface area contributed by atoms with E-state index in [9.17, 15) is 4.79 Å². The Morgan fingerprint density at radius 1 is 1.54 bits per heavy atom. The SMILES string of the molecule is O=C(OCC(Cl)(Cl)Cl)c1ccco1. The summed E-state index contributed by atoms with van der Waals surface area (Å²) in [7, 11) is 0. The van der Waals surface area contributed by atoms with Crippen LogP contribution in [-0.4, -0.2) is 16.4 Å². The zero-order valence-electron chi connectivity index (χ0n) is 6.30. The summed E-state index contributed by atoms with van der Waals surface area (Å²) >= 11 is 16.1. The predicted octanol–water partition coefficient (Wildman–Crippen LogP) is 2.81. The quantitative estimate of drug-likeness (QED) is 0.592. The summed E-state index contributed by atoms with van der Waals surface area (Å²) in [4.78, 5) is 11.1. The molecule has 0 aromatic carbocycles. The van der Waals surface area contributed by atoms with E-state index in [0.29, 0.717) is 0 Å². The van der Waals surface area contributed by atoms with Gasteiger partial charge in [0.15, 0.2) is 0 Å². The molecule has 72 valence electrons. The van der Waals surface area contributed by atoms with Crippen molar-refractivity contribution in [2.45, 2.75) is 3.79 Å². The van der Waals surface area contributed by atoms with Gasteiger partial charge in [0, 0.05) is 0 Å². The zero-order valence-corrected chi connectivity index (χ0v) is 8.57. The molecule has 1 aromatic rings. The van der Waals surface area contributed by atoms with E-state index >= 15 is 0 Å². The van der Waals surface area contributed by atoms with Crippen LogP contribution in [0.5, 0.6) is 0 Å². The van der Waals surface area contributed by atoms with Gasteiger partial charge in [-0.2, -0.15) is 0 Å². The van der Waals surface area contributed by atoms with E-state index in [4.69, 9.17) is 39.2 Å². The molecule has 0 aliphatic rings. The third kappa shape index (κ3) is 3.89. The Morgan fingerprint density at radius 2 is 2.23 bits per heavy atom. The summed E-state index contributed by atoms with van der Waals surface area (Å²) in [5.74, 6) is -0.578. The van der Waals surface area contributed by atoms with Gasteiger partial charge < -0.3 is 9.15 Å². The van der Waals surface area contributed by atoms with E-state index in [0.717, 1.165) is 0 Å². The summed E-state index contributed by atoms with van der Waals surface area (Å²) in [6.45, 7) is -0.308. The van der Waals surface area contributed by atoms with Gasteiger partial charge in [-0.3, -0.25) is 0 Å². The number of furan rings is 1. The number of alkyl halides is 3. The van der Waals surface area contributed by atoms with Crippen molar-refractivity contribution < 1.29 is 13.9 Å². The fraction of sp³-hybridized carbons (Fsp3) is 0.286. The molecule has 0 saturated heterocycles. The fourth-order valence-electron chi connectivity index (χ4n) is 0.613. The zero-order chi connectivity index (χ0) is 9.90. The van der Waals surface area contributed by atoms with Gasteiger partial charge in [-0.1, -0.05) is 34.8 Å². The molecule has 0 unspecified atom stereocenters. The molecule has 0 N–H and O–H groups in total. The topological polar surface area (TPSA) is 39.4 Å². The number of rotatable bonds is 2. The lowest BCUT2D eigenvalue weighted by Crippen LogP contribution is -2.16. The van der Waals surface area contributed by atoms with Gasteiger partial charge in [0.25, 0.3) is 0 Å². The molecule has 0 saturated carbocycles. The van der Waals surface area contributed by atoms with E-state index in [2.05, 4.69) is 4.74 Å². The van der Waals surface area contributed by atoms with E-state index < -0.39 is 9.76 Å². The van der Waals surface area contributed by atoms with Crippen LogP contribution in [-0.2, 0) is 4.74 Å². The van der Waals surface area contributed by atoms with Gasteiger partial charge >= 0.3 is 5.97 Å². The highest BCUT2D eigenvalue weighted by Crippen LogP contribution is 2.26. The molecule has 1 heterocycles. The van der Waals surface area contributed by atoms with E-state index in [-0.39, 0.29) is 12.4 Å². The predicted molar refractivity (Wildman–Crippen MR) is 49.3 cm³/mol. The molecule has 0 aliphatic carbocycles. The lowest BCUT2D eigenvalue weighted by molar-refractivity contribution is 0.0476. The summed E-state index contributed by atoms with van der Waals surface area (Å²) < 4.78 is 7.78. The minimum atomic E-state index is -1.59. The third-order valence-electron chi connectivity index (χ3n) is 1.09. The Kier molecular flexibility index (Phi) is 3.47. The largest absolute Gasteiger partial charge is 0.457 e. The van der Waals surface area contributed by atoms with Crippen molar-refractivity contribution in [1.82, 2.24) is 0 Å². The summed E-state index contributed by atoms with van der Waals surface area (Å²) in [5, 5.41) is 0. The van der Waals surface area contributed by atoms with Crippen molar-refractivity contribution in [1.29, 1.82) is 0 Å². The molecule has 13 heavy (non-hydrogen) atoms. The first-order chi connectivity index (χ1) is 5.99. The van der Waals surface area contributed by atoms with Crippen molar-refractivity contribution in [3.05, 3.63) is 24.2 Å². The van der Waals surface area contributed by atoms with Crippen LogP contribution in [0.1, 0.15) is 10.6 Å². The molecule has 0 radical (unpaired) electrons. The minimum absolute atomic E-state index is 0.0780. The molecule has 0 fully saturated rings. The second-order valence-electron chi connectivity index (χ2n) is 2.17. The molecule has 6 heteroatoms. The normalized spacial score (nSPS) is 11.3. The number of halogens is 3. The van der Waals surface area contributed by atoms with Crippen molar-refractivity contribution in [2.75, 3.05) is 6.61 Å². The maximum absolute atomic E-state index is 11.1. The Hall–Kier alpha value is -0.380. The van der Waals surface area contributed by atoms with Gasteiger partial charge in [-0.15, -0.1) is 0 Å². The maximum atomic E-state index is 11.1. The van der Waals surface area contributed by atoms with Crippen LogP contribution in [0.4, 0.5) is 0 Å². The van der Waals surface area contributed by atoms with Gasteiger partial charge in [0.1, 0.15) is 6.61 Å². The van der Waals surface area contributed by atoms with Crippen LogP contribution >= 0.6 is 34.8 Å². The number of carbonyl (C=O) groups is 1. The van der Waals surface area contributed by atoms with Gasteiger partial charge in [-0.05, 0) is 12.1 Å². The lowest BCUT2D eigenvalue weighted by atomic mass is 10.5. The van der Waals surface area contributed by atoms with E-state index in [1.165, 1.54) is 12.3 Å². The van der Waals surface area contributed by atoms with Gasteiger partial charge in [-0.25, -0.2) is 4.79 Å². The van der Waals surface area contributed by atoms with Crippen molar-refractivity contribution >= 4 is 40.8 Å². The highest BCUT2D eigenvalue weighted by molar-refractivity contribution is 6.67. The monoisotopic (exact) mass is 242 g/mol. The van der Waals surface area contributed by atoms with Crippen molar-refractivity contribution in [2.24, 2.45) is 0 Å². The molecule has 0 spiro atoms. The molecule has 0 aliphatic heterocycles. The number of hydrogen-bond donors (Lipinski definition) is 0. The molecule has 0 bridgehead atoms. The molecule has 1 rings (SSSR count). The lowest BCUT2D eigenvalue weighted by Gasteiger charge is -2.09. The first kappa shape index (κ1) is 10.7. The third-order valence-corrected chi connectivity index (χ3v) is 1.42. The molecular formula is C7H5Cl3O3.